The van der Waals surface area contributed by atoms with Crippen LogP contribution in [0.4, 0.5) is 11.4 Å². The topological polar surface area (TPSA) is 110 Å². The fraction of sp³-hybridized carbons (Fsp3) is 0.105. The minimum Gasteiger partial charge on any atom is -0.495 e. The van der Waals surface area contributed by atoms with Crippen LogP contribution in [0.3, 0.4) is 0 Å². The summed E-state index contributed by atoms with van der Waals surface area (Å²) in [5.74, 6) is -0.238. The van der Waals surface area contributed by atoms with Gasteiger partial charge in [0.25, 0.3) is 15.9 Å². The van der Waals surface area contributed by atoms with Crippen LogP contribution in [0.1, 0.15) is 16.2 Å². The van der Waals surface area contributed by atoms with Crippen molar-refractivity contribution in [2.75, 3.05) is 17.1 Å². The van der Waals surface area contributed by atoms with Gasteiger partial charge in [-0.1, -0.05) is 23.2 Å². The Bertz CT molecular complexity index is 1200. The SMILES string of the molecule is COc1ccc(NC(=O)c2cnc(C)cn2)cc1NS(=O)(=O)c1ccc(Cl)c(Cl)c1. The zero-order chi connectivity index (χ0) is 21.9. The van der Waals surface area contributed by atoms with Crippen molar-refractivity contribution in [2.45, 2.75) is 11.8 Å². The molecule has 0 aliphatic heterocycles. The molecule has 0 atom stereocenters. The van der Waals surface area contributed by atoms with Gasteiger partial charge in [-0.3, -0.25) is 14.5 Å². The van der Waals surface area contributed by atoms with E-state index < -0.39 is 15.9 Å². The highest BCUT2D eigenvalue weighted by atomic mass is 35.5. The van der Waals surface area contributed by atoms with Gasteiger partial charge in [-0.05, 0) is 43.3 Å². The molecule has 0 aliphatic carbocycles. The quantitative estimate of drug-likeness (QED) is 0.564. The predicted molar refractivity (Wildman–Crippen MR) is 115 cm³/mol. The second kappa shape index (κ2) is 8.86. The first-order valence-electron chi connectivity index (χ1n) is 8.45. The number of nitrogens with zero attached hydrogens (tertiary/aromatic N) is 2. The number of nitrogens with one attached hydrogen (secondary N) is 2. The van der Waals surface area contributed by atoms with Crippen LogP contribution in [0.2, 0.25) is 10.0 Å². The number of sulfonamides is 1. The van der Waals surface area contributed by atoms with Crippen LogP contribution >= 0.6 is 23.2 Å². The van der Waals surface area contributed by atoms with E-state index >= 15 is 0 Å². The van der Waals surface area contributed by atoms with Gasteiger partial charge in [-0.25, -0.2) is 13.4 Å². The molecule has 0 saturated heterocycles. The number of benzene rings is 2. The number of aromatic nitrogens is 2. The van der Waals surface area contributed by atoms with E-state index in [1.165, 1.54) is 49.8 Å². The first kappa shape index (κ1) is 21.8. The Kier molecular flexibility index (Phi) is 6.45. The van der Waals surface area contributed by atoms with Crippen molar-refractivity contribution in [1.29, 1.82) is 0 Å². The monoisotopic (exact) mass is 466 g/mol. The summed E-state index contributed by atoms with van der Waals surface area (Å²) in [6.45, 7) is 1.75. The van der Waals surface area contributed by atoms with Crippen LogP contribution in [0.5, 0.6) is 5.75 Å². The summed E-state index contributed by atoms with van der Waals surface area (Å²) in [5, 5.41) is 2.98. The Morgan fingerprint density at radius 3 is 2.43 bits per heavy atom. The molecule has 3 rings (SSSR count). The van der Waals surface area contributed by atoms with E-state index in [1.807, 2.05) is 0 Å². The lowest BCUT2D eigenvalue weighted by molar-refractivity contribution is 0.102. The summed E-state index contributed by atoms with van der Waals surface area (Å²) in [7, 11) is -2.60. The average molecular weight is 467 g/mol. The van der Waals surface area contributed by atoms with Gasteiger partial charge in [-0.2, -0.15) is 0 Å². The van der Waals surface area contributed by atoms with Gasteiger partial charge in [0.15, 0.2) is 0 Å². The summed E-state index contributed by atoms with van der Waals surface area (Å²) in [6.07, 6.45) is 2.82. The number of rotatable bonds is 6. The molecular weight excluding hydrogens is 451 g/mol. The average Bonchev–Trinajstić information content (AvgIpc) is 2.70. The minimum atomic E-state index is -4.00. The van der Waals surface area contributed by atoms with Crippen LogP contribution in [-0.2, 0) is 10.0 Å². The van der Waals surface area contributed by atoms with E-state index in [0.717, 1.165) is 0 Å². The first-order valence-corrected chi connectivity index (χ1v) is 10.7. The van der Waals surface area contributed by atoms with Crippen LogP contribution in [0.25, 0.3) is 0 Å². The third-order valence-electron chi connectivity index (χ3n) is 3.92. The van der Waals surface area contributed by atoms with Crippen LogP contribution in [0, 0.1) is 6.92 Å². The molecule has 2 aromatic carbocycles. The zero-order valence-corrected chi connectivity index (χ0v) is 18.1. The molecule has 8 nitrogen and oxygen atoms in total. The third kappa shape index (κ3) is 4.99. The molecule has 0 aliphatic rings. The molecule has 2 N–H and O–H groups in total. The van der Waals surface area contributed by atoms with Gasteiger partial charge >= 0.3 is 0 Å². The Balaban J connectivity index is 1.88. The van der Waals surface area contributed by atoms with E-state index in [2.05, 4.69) is 20.0 Å². The highest BCUT2D eigenvalue weighted by molar-refractivity contribution is 7.92. The molecule has 0 radical (unpaired) electrons. The second-order valence-electron chi connectivity index (χ2n) is 6.09. The lowest BCUT2D eigenvalue weighted by atomic mass is 10.2. The van der Waals surface area contributed by atoms with Gasteiger partial charge in [0, 0.05) is 11.9 Å². The van der Waals surface area contributed by atoms with Gasteiger partial charge in [-0.15, -0.1) is 0 Å². The number of hydrogen-bond donors (Lipinski definition) is 2. The summed E-state index contributed by atoms with van der Waals surface area (Å²) in [4.78, 5) is 20.3. The highest BCUT2D eigenvalue weighted by Gasteiger charge is 2.19. The predicted octanol–water partition coefficient (Wildman–Crippen LogP) is 4.15. The number of amides is 1. The van der Waals surface area contributed by atoms with Gasteiger partial charge in [0.1, 0.15) is 11.4 Å². The van der Waals surface area contributed by atoms with E-state index in [0.29, 0.717) is 11.4 Å². The zero-order valence-electron chi connectivity index (χ0n) is 15.8. The smallest absolute Gasteiger partial charge is 0.275 e. The number of hydrogen-bond acceptors (Lipinski definition) is 6. The molecule has 30 heavy (non-hydrogen) atoms. The Labute approximate surface area is 183 Å². The lowest BCUT2D eigenvalue weighted by Gasteiger charge is -2.14. The molecule has 0 saturated carbocycles. The Hall–Kier alpha value is -2.88. The van der Waals surface area contributed by atoms with Gasteiger partial charge in [0.2, 0.25) is 0 Å². The van der Waals surface area contributed by atoms with E-state index in [-0.39, 0.29) is 32.1 Å². The minimum absolute atomic E-state index is 0.0803. The van der Waals surface area contributed by atoms with Crippen molar-refractivity contribution >= 4 is 50.5 Å². The number of carbonyl (C=O) groups is 1. The maximum atomic E-state index is 12.7. The summed E-state index contributed by atoms with van der Waals surface area (Å²) in [5.41, 5.74) is 1.25. The number of anilines is 2. The molecular formula is C19H16Cl2N4O4S. The third-order valence-corrected chi connectivity index (χ3v) is 6.02. The normalized spacial score (nSPS) is 11.1. The Morgan fingerprint density at radius 2 is 1.80 bits per heavy atom. The lowest BCUT2D eigenvalue weighted by Crippen LogP contribution is -2.16. The molecule has 0 spiro atoms. The molecule has 11 heteroatoms. The van der Waals surface area contributed by atoms with Crippen molar-refractivity contribution < 1.29 is 17.9 Å². The van der Waals surface area contributed by atoms with Gasteiger partial charge < -0.3 is 10.1 Å². The maximum absolute atomic E-state index is 12.7. The standard InChI is InChI=1S/C19H16Cl2N4O4S/c1-11-9-23-17(10-22-11)19(26)24-12-3-6-18(29-2)16(7-12)25-30(27,28)13-4-5-14(20)15(21)8-13/h3-10,25H,1-2H3,(H,24,26). The van der Waals surface area contributed by atoms with Crippen molar-refractivity contribution in [3.05, 3.63) is 70.2 Å². The van der Waals surface area contributed by atoms with Crippen molar-refractivity contribution in [1.82, 2.24) is 9.97 Å². The molecule has 0 unspecified atom stereocenters. The van der Waals surface area contributed by atoms with Gasteiger partial charge in [0.05, 0.1) is 39.6 Å². The van der Waals surface area contributed by atoms with Crippen molar-refractivity contribution in [3.8, 4) is 5.75 Å². The fourth-order valence-corrected chi connectivity index (χ4v) is 3.87. The summed E-state index contributed by atoms with van der Waals surface area (Å²) >= 11 is 11.8. The fourth-order valence-electron chi connectivity index (χ4n) is 2.42. The largest absolute Gasteiger partial charge is 0.495 e. The molecule has 1 aromatic heterocycles. The van der Waals surface area contributed by atoms with Crippen molar-refractivity contribution in [3.63, 3.8) is 0 Å². The van der Waals surface area contributed by atoms with Crippen LogP contribution in [0.15, 0.2) is 53.7 Å². The van der Waals surface area contributed by atoms with Crippen molar-refractivity contribution in [2.24, 2.45) is 0 Å². The Morgan fingerprint density at radius 1 is 1.03 bits per heavy atom. The van der Waals surface area contributed by atoms with Crippen LogP contribution < -0.4 is 14.8 Å². The molecule has 0 fully saturated rings. The summed E-state index contributed by atoms with van der Waals surface area (Å²) in [6, 6.07) is 8.45. The highest BCUT2D eigenvalue weighted by Crippen LogP contribution is 2.31. The number of aryl methyl sites for hydroxylation is 1. The molecule has 0 bridgehead atoms. The molecule has 1 amide bonds. The number of halogens is 2. The number of ether oxygens (including phenoxy) is 1. The molecule has 1 heterocycles. The van der Waals surface area contributed by atoms with Crippen LogP contribution in [-0.4, -0.2) is 31.4 Å². The number of methoxy groups -OCH3 is 1. The van der Waals surface area contributed by atoms with E-state index in [9.17, 15) is 13.2 Å². The number of carbonyl (C=O) groups excluding carboxylic acids is 1. The second-order valence-corrected chi connectivity index (χ2v) is 8.59. The molecule has 3 aromatic rings. The first-order chi connectivity index (χ1) is 14.2. The van der Waals surface area contributed by atoms with E-state index in [4.69, 9.17) is 27.9 Å². The molecule has 156 valence electrons. The van der Waals surface area contributed by atoms with E-state index in [1.54, 1.807) is 13.0 Å². The summed E-state index contributed by atoms with van der Waals surface area (Å²) < 4.78 is 33.1. The maximum Gasteiger partial charge on any atom is 0.275 e.